The number of carbonyl (C=O) groups is 2. The van der Waals surface area contributed by atoms with Crippen LogP contribution < -0.4 is 5.32 Å². The number of nitrogens with zero attached hydrogens (tertiary/aromatic N) is 1. The van der Waals surface area contributed by atoms with Crippen molar-refractivity contribution in [1.29, 1.82) is 0 Å². The lowest BCUT2D eigenvalue weighted by Gasteiger charge is -2.50. The van der Waals surface area contributed by atoms with E-state index in [1.165, 1.54) is 0 Å². The van der Waals surface area contributed by atoms with E-state index in [0.29, 0.717) is 6.54 Å². The lowest BCUT2D eigenvalue weighted by atomic mass is 9.76. The Labute approximate surface area is 138 Å². The number of hydrogen-bond donors (Lipinski definition) is 1. The molecule has 1 heterocycles. The average Bonchev–Trinajstić information content (AvgIpc) is 2.57. The number of nitrogens with one attached hydrogen (secondary N) is 1. The molecule has 3 rings (SSSR count). The molecule has 1 N–H and O–H groups in total. The van der Waals surface area contributed by atoms with E-state index in [1.807, 2.05) is 49.1 Å². The fourth-order valence-corrected chi connectivity index (χ4v) is 3.92. The molecule has 1 saturated carbocycles. The van der Waals surface area contributed by atoms with Gasteiger partial charge >= 0.3 is 0 Å². The van der Waals surface area contributed by atoms with Gasteiger partial charge in [-0.05, 0) is 24.3 Å². The van der Waals surface area contributed by atoms with Gasteiger partial charge in [0.1, 0.15) is 11.6 Å². The number of piperazine rings is 1. The van der Waals surface area contributed by atoms with Gasteiger partial charge in [0, 0.05) is 6.54 Å². The number of amides is 2. The van der Waals surface area contributed by atoms with E-state index in [9.17, 15) is 9.59 Å². The van der Waals surface area contributed by atoms with Crippen molar-refractivity contribution in [3.8, 4) is 0 Å². The summed E-state index contributed by atoms with van der Waals surface area (Å²) in [6.07, 6.45) is 4.73. The first kappa shape index (κ1) is 16.0. The first-order chi connectivity index (χ1) is 11.0. The summed E-state index contributed by atoms with van der Waals surface area (Å²) in [4.78, 5) is 27.9. The van der Waals surface area contributed by atoms with Crippen LogP contribution in [0.2, 0.25) is 0 Å². The number of rotatable bonds is 3. The molecule has 1 saturated heterocycles. The molecular weight excluding hydrogens is 288 g/mol. The van der Waals surface area contributed by atoms with Crippen molar-refractivity contribution in [2.45, 2.75) is 64.1 Å². The van der Waals surface area contributed by atoms with Crippen LogP contribution in [0.5, 0.6) is 0 Å². The molecule has 0 bridgehead atoms. The molecule has 2 aliphatic rings. The third kappa shape index (κ3) is 2.87. The zero-order valence-corrected chi connectivity index (χ0v) is 14.0. The summed E-state index contributed by atoms with van der Waals surface area (Å²) in [5.74, 6) is 0.224. The minimum atomic E-state index is -0.642. The average molecular weight is 314 g/mol. The van der Waals surface area contributed by atoms with Gasteiger partial charge in [-0.25, -0.2) is 0 Å². The van der Waals surface area contributed by atoms with E-state index in [0.717, 1.165) is 37.7 Å². The Morgan fingerprint density at radius 3 is 2.39 bits per heavy atom. The molecule has 124 valence electrons. The standard InChI is InChI=1S/C19H26N2O2/c1-14(2)16-17(22)21(13-15-9-5-3-6-10-15)19(18(23)20-16)11-7-4-8-12-19/h3,5-6,9-10,14,16H,4,7-8,11-13H2,1-2H3,(H,20,23). The molecular formula is C19H26N2O2. The van der Waals surface area contributed by atoms with E-state index < -0.39 is 11.6 Å². The summed E-state index contributed by atoms with van der Waals surface area (Å²) in [5.41, 5.74) is 0.444. The molecule has 1 aliphatic heterocycles. The van der Waals surface area contributed by atoms with E-state index in [2.05, 4.69) is 5.32 Å². The molecule has 0 aromatic heterocycles. The van der Waals surface area contributed by atoms with Crippen molar-refractivity contribution in [2.75, 3.05) is 0 Å². The maximum atomic E-state index is 13.1. The SMILES string of the molecule is CC(C)C1NC(=O)C2(CCCCC2)N(Cc2ccccc2)C1=O. The van der Waals surface area contributed by atoms with Crippen LogP contribution in [0, 0.1) is 5.92 Å². The van der Waals surface area contributed by atoms with Gasteiger partial charge in [0.25, 0.3) is 0 Å². The summed E-state index contributed by atoms with van der Waals surface area (Å²) in [6.45, 7) is 4.50. The molecule has 1 atom stereocenters. The van der Waals surface area contributed by atoms with Gasteiger partial charge in [-0.2, -0.15) is 0 Å². The monoisotopic (exact) mass is 314 g/mol. The van der Waals surface area contributed by atoms with Crippen molar-refractivity contribution in [1.82, 2.24) is 10.2 Å². The Bertz CT molecular complexity index is 576. The van der Waals surface area contributed by atoms with E-state index in [4.69, 9.17) is 0 Å². The van der Waals surface area contributed by atoms with Crippen LogP contribution >= 0.6 is 0 Å². The molecule has 4 heteroatoms. The van der Waals surface area contributed by atoms with Crippen molar-refractivity contribution >= 4 is 11.8 Å². The van der Waals surface area contributed by atoms with Crippen molar-refractivity contribution < 1.29 is 9.59 Å². The van der Waals surface area contributed by atoms with Gasteiger partial charge in [0.15, 0.2) is 0 Å². The molecule has 1 unspecified atom stereocenters. The molecule has 2 amide bonds. The summed E-state index contributed by atoms with van der Waals surface area (Å²) < 4.78 is 0. The molecule has 1 aromatic rings. The van der Waals surface area contributed by atoms with Gasteiger partial charge in [0.2, 0.25) is 11.8 Å². The molecule has 1 spiro atoms. The highest BCUT2D eigenvalue weighted by atomic mass is 16.2. The Hall–Kier alpha value is -1.84. The largest absolute Gasteiger partial charge is 0.342 e. The zero-order chi connectivity index (χ0) is 16.4. The molecule has 2 fully saturated rings. The van der Waals surface area contributed by atoms with Gasteiger partial charge in [-0.1, -0.05) is 63.4 Å². The maximum absolute atomic E-state index is 13.1. The predicted octanol–water partition coefficient (Wildman–Crippen LogP) is 2.87. The first-order valence-corrected chi connectivity index (χ1v) is 8.71. The third-order valence-corrected chi connectivity index (χ3v) is 5.29. The second-order valence-electron chi connectivity index (χ2n) is 7.20. The Morgan fingerprint density at radius 2 is 1.78 bits per heavy atom. The van der Waals surface area contributed by atoms with Gasteiger partial charge in [-0.3, -0.25) is 9.59 Å². The van der Waals surface area contributed by atoms with Crippen molar-refractivity contribution in [3.63, 3.8) is 0 Å². The smallest absolute Gasteiger partial charge is 0.246 e. The zero-order valence-electron chi connectivity index (χ0n) is 14.0. The fourth-order valence-electron chi connectivity index (χ4n) is 3.92. The van der Waals surface area contributed by atoms with Gasteiger partial charge in [0.05, 0.1) is 0 Å². The molecule has 0 radical (unpaired) electrons. The minimum Gasteiger partial charge on any atom is -0.342 e. The molecule has 4 nitrogen and oxygen atoms in total. The maximum Gasteiger partial charge on any atom is 0.246 e. The topological polar surface area (TPSA) is 49.4 Å². The minimum absolute atomic E-state index is 0.0476. The fraction of sp³-hybridized carbons (Fsp3) is 0.579. The van der Waals surface area contributed by atoms with Crippen molar-refractivity contribution in [3.05, 3.63) is 35.9 Å². The highest BCUT2D eigenvalue weighted by Crippen LogP contribution is 2.38. The summed E-state index contributed by atoms with van der Waals surface area (Å²) in [7, 11) is 0. The first-order valence-electron chi connectivity index (χ1n) is 8.71. The van der Waals surface area contributed by atoms with Gasteiger partial charge < -0.3 is 10.2 Å². The summed E-state index contributed by atoms with van der Waals surface area (Å²) >= 11 is 0. The van der Waals surface area contributed by atoms with E-state index in [1.54, 1.807) is 0 Å². The predicted molar refractivity (Wildman–Crippen MR) is 89.6 cm³/mol. The summed E-state index contributed by atoms with van der Waals surface area (Å²) in [6, 6.07) is 9.59. The highest BCUT2D eigenvalue weighted by Gasteiger charge is 2.52. The van der Waals surface area contributed by atoms with Gasteiger partial charge in [-0.15, -0.1) is 0 Å². The number of benzene rings is 1. The second kappa shape index (κ2) is 6.34. The van der Waals surface area contributed by atoms with Crippen LogP contribution in [0.4, 0.5) is 0 Å². The summed E-state index contributed by atoms with van der Waals surface area (Å²) in [5, 5.41) is 3.01. The Balaban J connectivity index is 1.96. The van der Waals surface area contributed by atoms with Crippen LogP contribution in [-0.2, 0) is 16.1 Å². The van der Waals surface area contributed by atoms with Crippen LogP contribution in [0.1, 0.15) is 51.5 Å². The van der Waals surface area contributed by atoms with Crippen molar-refractivity contribution in [2.24, 2.45) is 5.92 Å². The van der Waals surface area contributed by atoms with Crippen LogP contribution in [-0.4, -0.2) is 28.3 Å². The van der Waals surface area contributed by atoms with Crippen LogP contribution in [0.3, 0.4) is 0 Å². The van der Waals surface area contributed by atoms with E-state index in [-0.39, 0.29) is 17.7 Å². The number of hydrogen-bond acceptors (Lipinski definition) is 2. The highest BCUT2D eigenvalue weighted by molar-refractivity contribution is 6.00. The Kier molecular flexibility index (Phi) is 4.42. The lowest BCUT2D eigenvalue weighted by molar-refractivity contribution is -0.162. The van der Waals surface area contributed by atoms with Crippen LogP contribution in [0.15, 0.2) is 30.3 Å². The second-order valence-corrected chi connectivity index (χ2v) is 7.20. The lowest BCUT2D eigenvalue weighted by Crippen LogP contribution is -2.71. The molecule has 1 aromatic carbocycles. The Morgan fingerprint density at radius 1 is 1.13 bits per heavy atom. The van der Waals surface area contributed by atoms with Crippen LogP contribution in [0.25, 0.3) is 0 Å². The number of carbonyl (C=O) groups excluding carboxylic acids is 2. The normalized spacial score (nSPS) is 24.1. The van der Waals surface area contributed by atoms with E-state index >= 15 is 0 Å². The quantitative estimate of drug-likeness (QED) is 0.932. The molecule has 23 heavy (non-hydrogen) atoms. The third-order valence-electron chi connectivity index (χ3n) is 5.29. The molecule has 1 aliphatic carbocycles.